The molecule has 0 fully saturated rings. The van der Waals surface area contributed by atoms with E-state index in [0.29, 0.717) is 10.9 Å². The number of rotatable bonds is 2. The maximum Gasteiger partial charge on any atom is 0.416 e. The van der Waals surface area contributed by atoms with Crippen LogP contribution in [0, 0.1) is 10.1 Å². The molecule has 1 heterocycles. The maximum atomic E-state index is 12.9. The van der Waals surface area contributed by atoms with E-state index in [1.165, 1.54) is 23.7 Å². The second-order valence-electron chi connectivity index (χ2n) is 5.11. The van der Waals surface area contributed by atoms with Gasteiger partial charge in [-0.1, -0.05) is 24.3 Å². The van der Waals surface area contributed by atoms with Crippen LogP contribution in [-0.2, 0) is 13.2 Å². The minimum Gasteiger partial charge on any atom is -0.358 e. The van der Waals surface area contributed by atoms with Gasteiger partial charge in [0, 0.05) is 5.39 Å². The smallest absolute Gasteiger partial charge is 0.358 e. The summed E-state index contributed by atoms with van der Waals surface area (Å²) >= 11 is 0. The lowest BCUT2D eigenvalue weighted by atomic mass is 10.0. The summed E-state index contributed by atoms with van der Waals surface area (Å²) in [4.78, 5) is 10.9. The molecule has 3 aromatic rings. The van der Waals surface area contributed by atoms with E-state index in [0.717, 1.165) is 12.1 Å². The van der Waals surface area contributed by atoms with Crippen LogP contribution in [0.4, 0.5) is 19.0 Å². The molecule has 0 aliphatic rings. The number of hydrogen-bond acceptors (Lipinski definition) is 2. The van der Waals surface area contributed by atoms with Crippen molar-refractivity contribution >= 4 is 16.7 Å². The average Bonchev–Trinajstić information content (AvgIpc) is 2.80. The van der Waals surface area contributed by atoms with Crippen LogP contribution in [0.25, 0.3) is 22.0 Å². The second kappa shape index (κ2) is 5.12. The molecule has 4 nitrogen and oxygen atoms in total. The van der Waals surface area contributed by atoms with Crippen molar-refractivity contribution in [2.24, 2.45) is 7.05 Å². The minimum absolute atomic E-state index is 0.170. The first-order valence-electron chi connectivity index (χ1n) is 6.70. The summed E-state index contributed by atoms with van der Waals surface area (Å²) in [5.74, 6) is -0.231. The highest BCUT2D eigenvalue weighted by Crippen LogP contribution is 2.40. The van der Waals surface area contributed by atoms with Gasteiger partial charge in [-0.15, -0.1) is 0 Å². The summed E-state index contributed by atoms with van der Waals surface area (Å²) in [5.41, 5.74) is 0.117. The van der Waals surface area contributed by atoms with Gasteiger partial charge in [-0.2, -0.15) is 13.2 Å². The van der Waals surface area contributed by atoms with E-state index in [4.69, 9.17) is 0 Å². The number of benzene rings is 2. The molecule has 1 aromatic heterocycles. The molecule has 0 bridgehead atoms. The third-order valence-electron chi connectivity index (χ3n) is 3.73. The van der Waals surface area contributed by atoms with Crippen molar-refractivity contribution in [1.82, 2.24) is 4.57 Å². The Balaban J connectivity index is 2.36. The first-order valence-corrected chi connectivity index (χ1v) is 6.70. The largest absolute Gasteiger partial charge is 0.416 e. The van der Waals surface area contributed by atoms with E-state index >= 15 is 0 Å². The Bertz CT molecular complexity index is 913. The topological polar surface area (TPSA) is 48.1 Å². The number of aryl methyl sites for hydroxylation is 1. The summed E-state index contributed by atoms with van der Waals surface area (Å²) in [6.07, 6.45) is -4.50. The molecule has 0 N–H and O–H groups in total. The highest BCUT2D eigenvalue weighted by molar-refractivity contribution is 6.01. The van der Waals surface area contributed by atoms with Gasteiger partial charge in [0.2, 0.25) is 0 Å². The molecule has 0 saturated heterocycles. The van der Waals surface area contributed by atoms with E-state index in [1.807, 2.05) is 0 Å². The standard InChI is InChI=1S/C16H11F3N2O2/c1-20-13-8-3-2-7-12(13)14(15(20)21(22)23)10-5-4-6-11(9-10)16(17,18)19/h2-9H,1H3. The Hall–Kier alpha value is -2.83. The van der Waals surface area contributed by atoms with Gasteiger partial charge in [-0.25, -0.2) is 4.57 Å². The first-order chi connectivity index (χ1) is 10.8. The van der Waals surface area contributed by atoms with Gasteiger partial charge in [-0.3, -0.25) is 0 Å². The Morgan fingerprint density at radius 1 is 1.09 bits per heavy atom. The summed E-state index contributed by atoms with van der Waals surface area (Å²) in [6, 6.07) is 11.4. The lowest BCUT2D eigenvalue weighted by molar-refractivity contribution is -0.390. The second-order valence-corrected chi connectivity index (χ2v) is 5.11. The third-order valence-corrected chi connectivity index (χ3v) is 3.73. The van der Waals surface area contributed by atoms with Gasteiger partial charge in [-0.05, 0) is 34.8 Å². The zero-order valence-corrected chi connectivity index (χ0v) is 12.0. The fourth-order valence-corrected chi connectivity index (χ4v) is 2.73. The van der Waals surface area contributed by atoms with E-state index in [1.54, 1.807) is 24.3 Å². The van der Waals surface area contributed by atoms with Crippen molar-refractivity contribution < 1.29 is 18.1 Å². The Morgan fingerprint density at radius 2 is 1.78 bits per heavy atom. The molecule has 118 valence electrons. The van der Waals surface area contributed by atoms with Crippen LogP contribution in [0.2, 0.25) is 0 Å². The molecule has 0 saturated carbocycles. The molecule has 0 aliphatic carbocycles. The number of aromatic nitrogens is 1. The van der Waals surface area contributed by atoms with Crippen molar-refractivity contribution in [3.63, 3.8) is 0 Å². The van der Waals surface area contributed by atoms with Crippen LogP contribution in [-0.4, -0.2) is 9.49 Å². The van der Waals surface area contributed by atoms with Gasteiger partial charge in [0.25, 0.3) is 0 Å². The predicted molar refractivity (Wildman–Crippen MR) is 80.0 cm³/mol. The molecule has 0 atom stereocenters. The molecule has 23 heavy (non-hydrogen) atoms. The van der Waals surface area contributed by atoms with Crippen LogP contribution in [0.3, 0.4) is 0 Å². The summed E-state index contributed by atoms with van der Waals surface area (Å²) in [5, 5.41) is 12.0. The van der Waals surface area contributed by atoms with E-state index in [2.05, 4.69) is 0 Å². The summed E-state index contributed by atoms with van der Waals surface area (Å²) in [7, 11) is 1.53. The quantitative estimate of drug-likeness (QED) is 0.504. The molecule has 3 rings (SSSR count). The molecule has 0 unspecified atom stereocenters. The monoisotopic (exact) mass is 320 g/mol. The van der Waals surface area contributed by atoms with Crippen LogP contribution < -0.4 is 0 Å². The molecule has 0 radical (unpaired) electrons. The predicted octanol–water partition coefficient (Wildman–Crippen LogP) is 4.77. The molecule has 0 amide bonds. The average molecular weight is 320 g/mol. The lowest BCUT2D eigenvalue weighted by Crippen LogP contribution is -2.04. The zero-order valence-electron chi connectivity index (χ0n) is 12.0. The van der Waals surface area contributed by atoms with E-state index < -0.39 is 16.7 Å². The summed E-state index contributed by atoms with van der Waals surface area (Å²) in [6.45, 7) is 0. The third kappa shape index (κ3) is 2.44. The van der Waals surface area contributed by atoms with Crippen molar-refractivity contribution in [1.29, 1.82) is 0 Å². The Kier molecular flexibility index (Phi) is 3.35. The normalized spacial score (nSPS) is 11.8. The van der Waals surface area contributed by atoms with Crippen LogP contribution in [0.15, 0.2) is 48.5 Å². The van der Waals surface area contributed by atoms with E-state index in [-0.39, 0.29) is 16.9 Å². The van der Waals surface area contributed by atoms with Gasteiger partial charge < -0.3 is 10.1 Å². The van der Waals surface area contributed by atoms with E-state index in [9.17, 15) is 23.3 Å². The molecule has 7 heteroatoms. The highest BCUT2D eigenvalue weighted by atomic mass is 19.4. The lowest BCUT2D eigenvalue weighted by Gasteiger charge is -2.08. The fraction of sp³-hybridized carbons (Fsp3) is 0.125. The van der Waals surface area contributed by atoms with Crippen molar-refractivity contribution in [2.75, 3.05) is 0 Å². The SMILES string of the molecule is Cn1c([N+](=O)[O-])c(-c2cccc(C(F)(F)F)c2)c2ccccc21. The van der Waals surface area contributed by atoms with Crippen molar-refractivity contribution in [3.05, 3.63) is 64.2 Å². The summed E-state index contributed by atoms with van der Waals surface area (Å²) < 4.78 is 40.1. The van der Waals surface area contributed by atoms with Gasteiger partial charge in [0.1, 0.15) is 5.52 Å². The number of para-hydroxylation sites is 1. The van der Waals surface area contributed by atoms with Crippen molar-refractivity contribution in [3.8, 4) is 11.1 Å². The fourth-order valence-electron chi connectivity index (χ4n) is 2.73. The maximum absolute atomic E-state index is 12.9. The number of hydrogen-bond donors (Lipinski definition) is 0. The first kappa shape index (κ1) is 15.1. The zero-order chi connectivity index (χ0) is 16.8. The number of nitrogens with zero attached hydrogens (tertiary/aromatic N) is 2. The molecule has 2 aromatic carbocycles. The highest BCUT2D eigenvalue weighted by Gasteiger charge is 2.32. The van der Waals surface area contributed by atoms with Gasteiger partial charge in [0.05, 0.1) is 18.2 Å². The number of nitro groups is 1. The Labute approximate surface area is 128 Å². The number of halogens is 3. The van der Waals surface area contributed by atoms with Crippen molar-refractivity contribution in [2.45, 2.75) is 6.18 Å². The van der Waals surface area contributed by atoms with Crippen LogP contribution in [0.5, 0.6) is 0 Å². The van der Waals surface area contributed by atoms with Gasteiger partial charge in [0.15, 0.2) is 0 Å². The minimum atomic E-state index is -4.50. The Morgan fingerprint density at radius 3 is 2.43 bits per heavy atom. The molecule has 0 aliphatic heterocycles. The van der Waals surface area contributed by atoms with Gasteiger partial charge >= 0.3 is 12.0 Å². The number of alkyl halides is 3. The molecular formula is C16H11F3N2O2. The molecular weight excluding hydrogens is 309 g/mol. The van der Waals surface area contributed by atoms with Crippen LogP contribution in [0.1, 0.15) is 5.56 Å². The molecule has 0 spiro atoms. The number of fused-ring (bicyclic) bond motifs is 1. The van der Waals surface area contributed by atoms with Crippen LogP contribution >= 0.6 is 0 Å².